The normalized spacial score (nSPS) is 16.7. The Morgan fingerprint density at radius 3 is 2.67 bits per heavy atom. The summed E-state index contributed by atoms with van der Waals surface area (Å²) in [4.78, 5) is 25.8. The van der Waals surface area contributed by atoms with E-state index in [1.165, 1.54) is 6.20 Å². The van der Waals surface area contributed by atoms with Gasteiger partial charge in [-0.3, -0.25) is 10.1 Å². The zero-order chi connectivity index (χ0) is 15.5. The van der Waals surface area contributed by atoms with Gasteiger partial charge in [-0.15, -0.1) is 0 Å². The predicted molar refractivity (Wildman–Crippen MR) is 72.7 cm³/mol. The van der Waals surface area contributed by atoms with Crippen LogP contribution in [-0.2, 0) is 4.79 Å². The number of carbonyl (C=O) groups is 1. The van der Waals surface area contributed by atoms with Gasteiger partial charge in [0.1, 0.15) is 11.6 Å². The van der Waals surface area contributed by atoms with Crippen LogP contribution in [0.4, 0.5) is 11.5 Å². The number of aromatic nitrogens is 1. The first kappa shape index (κ1) is 14.7. The third kappa shape index (κ3) is 2.91. The molecule has 0 spiro atoms. The zero-order valence-corrected chi connectivity index (χ0v) is 11.2. The largest absolute Gasteiger partial charge is 0.480 e. The quantitative estimate of drug-likeness (QED) is 0.641. The van der Waals surface area contributed by atoms with Crippen molar-refractivity contribution < 1.29 is 14.8 Å². The van der Waals surface area contributed by atoms with Crippen molar-refractivity contribution in [3.63, 3.8) is 0 Å². The van der Waals surface area contributed by atoms with Crippen molar-refractivity contribution >= 4 is 17.5 Å². The van der Waals surface area contributed by atoms with E-state index in [-0.39, 0.29) is 17.1 Å². The smallest absolute Gasteiger partial charge is 0.329 e. The molecule has 0 radical (unpaired) electrons. The fraction of sp³-hybridized carbons (Fsp3) is 0.462. The van der Waals surface area contributed by atoms with E-state index in [4.69, 9.17) is 5.26 Å². The number of hydrogen-bond donors (Lipinski definition) is 2. The maximum absolute atomic E-state index is 11.6. The Morgan fingerprint density at radius 1 is 1.48 bits per heavy atom. The summed E-state index contributed by atoms with van der Waals surface area (Å²) in [5, 5.41) is 32.0. The molecule has 1 aliphatic rings. The second kappa shape index (κ2) is 5.75. The van der Waals surface area contributed by atoms with E-state index in [0.717, 1.165) is 25.3 Å². The minimum absolute atomic E-state index is 0.0558. The lowest BCUT2D eigenvalue weighted by atomic mass is 9.81. The summed E-state index contributed by atoms with van der Waals surface area (Å²) in [6.45, 7) is 0. The van der Waals surface area contributed by atoms with Crippen molar-refractivity contribution in [2.24, 2.45) is 0 Å². The molecule has 1 aliphatic carbocycles. The van der Waals surface area contributed by atoms with Crippen molar-refractivity contribution in [3.8, 4) is 6.07 Å². The maximum Gasteiger partial charge on any atom is 0.329 e. The van der Waals surface area contributed by atoms with Crippen LogP contribution in [0.1, 0.15) is 37.7 Å². The van der Waals surface area contributed by atoms with Gasteiger partial charge in [-0.05, 0) is 12.8 Å². The summed E-state index contributed by atoms with van der Waals surface area (Å²) in [5.74, 6) is -1.15. The van der Waals surface area contributed by atoms with Crippen LogP contribution in [0, 0.1) is 21.4 Å². The molecule has 1 aromatic heterocycles. The average molecular weight is 290 g/mol. The molecule has 0 amide bonds. The molecule has 1 fully saturated rings. The van der Waals surface area contributed by atoms with Crippen LogP contribution in [-0.4, -0.2) is 26.5 Å². The lowest BCUT2D eigenvalue weighted by Crippen LogP contribution is -2.48. The van der Waals surface area contributed by atoms with E-state index in [2.05, 4.69) is 10.3 Å². The molecule has 110 valence electrons. The molecule has 0 aliphatic heterocycles. The van der Waals surface area contributed by atoms with Gasteiger partial charge in [-0.2, -0.15) is 5.26 Å². The Kier molecular flexibility index (Phi) is 4.03. The summed E-state index contributed by atoms with van der Waals surface area (Å²) < 4.78 is 0. The number of nitriles is 1. The number of pyridine rings is 1. The molecule has 1 saturated carbocycles. The van der Waals surface area contributed by atoms with E-state index >= 15 is 0 Å². The number of anilines is 1. The van der Waals surface area contributed by atoms with Gasteiger partial charge in [0.15, 0.2) is 0 Å². The van der Waals surface area contributed by atoms with Gasteiger partial charge < -0.3 is 10.4 Å². The van der Waals surface area contributed by atoms with Crippen molar-refractivity contribution in [1.82, 2.24) is 4.98 Å². The molecule has 8 heteroatoms. The molecule has 2 N–H and O–H groups in total. The van der Waals surface area contributed by atoms with Gasteiger partial charge in [0, 0.05) is 12.3 Å². The third-order valence-corrected chi connectivity index (χ3v) is 3.67. The standard InChI is InChI=1S/C13H14N4O4/c14-7-9-6-10(17(20)21)11(15-8-9)16-13(12(18)19)4-2-1-3-5-13/h6,8H,1-5H2,(H,15,16)(H,18,19). The molecule has 1 heterocycles. The van der Waals surface area contributed by atoms with Gasteiger partial charge in [0.25, 0.3) is 0 Å². The minimum atomic E-state index is -1.23. The van der Waals surface area contributed by atoms with Crippen LogP contribution in [0.2, 0.25) is 0 Å². The van der Waals surface area contributed by atoms with Gasteiger partial charge in [-0.1, -0.05) is 19.3 Å². The molecule has 8 nitrogen and oxygen atoms in total. The first-order valence-corrected chi connectivity index (χ1v) is 6.55. The number of aliphatic carboxylic acids is 1. The molecule has 0 aromatic carbocycles. The summed E-state index contributed by atoms with van der Waals surface area (Å²) in [7, 11) is 0. The number of carboxylic acids is 1. The van der Waals surface area contributed by atoms with Crippen molar-refractivity contribution in [2.75, 3.05) is 5.32 Å². The molecule has 0 saturated heterocycles. The second-order valence-electron chi connectivity index (χ2n) is 5.03. The van der Waals surface area contributed by atoms with Crippen molar-refractivity contribution in [1.29, 1.82) is 5.26 Å². The highest BCUT2D eigenvalue weighted by Gasteiger charge is 2.41. The van der Waals surface area contributed by atoms with Crippen LogP contribution in [0.3, 0.4) is 0 Å². The second-order valence-corrected chi connectivity index (χ2v) is 5.03. The Bertz CT molecular complexity index is 617. The Morgan fingerprint density at radius 2 is 2.14 bits per heavy atom. The molecule has 0 bridgehead atoms. The highest BCUT2D eigenvalue weighted by atomic mass is 16.6. The number of nitrogens with zero attached hydrogens (tertiary/aromatic N) is 3. The zero-order valence-electron chi connectivity index (χ0n) is 11.2. The molecule has 0 atom stereocenters. The first-order chi connectivity index (χ1) is 9.98. The van der Waals surface area contributed by atoms with Gasteiger partial charge >= 0.3 is 11.7 Å². The van der Waals surface area contributed by atoms with E-state index in [1.807, 2.05) is 0 Å². The third-order valence-electron chi connectivity index (χ3n) is 3.67. The van der Waals surface area contributed by atoms with Crippen LogP contribution in [0.25, 0.3) is 0 Å². The number of nitrogens with one attached hydrogen (secondary N) is 1. The minimum Gasteiger partial charge on any atom is -0.480 e. The monoisotopic (exact) mass is 290 g/mol. The topological polar surface area (TPSA) is 129 Å². The number of rotatable bonds is 4. The Balaban J connectivity index is 2.39. The first-order valence-electron chi connectivity index (χ1n) is 6.55. The van der Waals surface area contributed by atoms with Crippen molar-refractivity contribution in [3.05, 3.63) is 27.9 Å². The van der Waals surface area contributed by atoms with E-state index in [9.17, 15) is 20.0 Å². The Labute approximate surface area is 120 Å². The maximum atomic E-state index is 11.6. The van der Waals surface area contributed by atoms with Gasteiger partial charge in [0.2, 0.25) is 5.82 Å². The fourth-order valence-corrected chi connectivity index (χ4v) is 2.52. The molecule has 2 rings (SSSR count). The highest BCUT2D eigenvalue weighted by Crippen LogP contribution is 2.34. The number of hydrogen-bond acceptors (Lipinski definition) is 6. The lowest BCUT2D eigenvalue weighted by molar-refractivity contribution is -0.384. The van der Waals surface area contributed by atoms with E-state index in [1.54, 1.807) is 6.07 Å². The van der Waals surface area contributed by atoms with E-state index in [0.29, 0.717) is 12.8 Å². The summed E-state index contributed by atoms with van der Waals surface area (Å²) in [5.41, 5.74) is -1.56. The summed E-state index contributed by atoms with van der Waals surface area (Å²) in [6, 6.07) is 2.87. The summed E-state index contributed by atoms with van der Waals surface area (Å²) >= 11 is 0. The lowest BCUT2D eigenvalue weighted by Gasteiger charge is -2.34. The van der Waals surface area contributed by atoms with Crippen LogP contribution in [0.5, 0.6) is 0 Å². The van der Waals surface area contributed by atoms with E-state index < -0.39 is 16.4 Å². The highest BCUT2D eigenvalue weighted by molar-refractivity contribution is 5.83. The number of carboxylic acid groups (broad SMARTS) is 1. The van der Waals surface area contributed by atoms with Crippen LogP contribution >= 0.6 is 0 Å². The van der Waals surface area contributed by atoms with Gasteiger partial charge in [-0.25, -0.2) is 9.78 Å². The van der Waals surface area contributed by atoms with Gasteiger partial charge in [0.05, 0.1) is 10.5 Å². The van der Waals surface area contributed by atoms with Crippen molar-refractivity contribution in [2.45, 2.75) is 37.6 Å². The average Bonchev–Trinajstić information content (AvgIpc) is 2.48. The number of nitro groups is 1. The summed E-state index contributed by atoms with van der Waals surface area (Å²) in [6.07, 6.45) is 4.39. The molecule has 21 heavy (non-hydrogen) atoms. The predicted octanol–water partition coefficient (Wildman–Crippen LogP) is 2.06. The molecular formula is C13H14N4O4. The molecule has 0 unspecified atom stereocenters. The molecular weight excluding hydrogens is 276 g/mol. The van der Waals surface area contributed by atoms with Crippen LogP contribution in [0.15, 0.2) is 12.3 Å². The Hall–Kier alpha value is -2.69. The van der Waals surface area contributed by atoms with Crippen LogP contribution < -0.4 is 5.32 Å². The molecule has 1 aromatic rings. The SMILES string of the molecule is N#Cc1cnc(NC2(C(=O)O)CCCCC2)c([N+](=O)[O-])c1. The fourth-order valence-electron chi connectivity index (χ4n) is 2.52.